The molecule has 0 saturated carbocycles. The summed E-state index contributed by atoms with van der Waals surface area (Å²) in [5.41, 5.74) is 0.944. The van der Waals surface area contributed by atoms with Gasteiger partial charge < -0.3 is 4.90 Å². The first-order chi connectivity index (χ1) is 6.29. The van der Waals surface area contributed by atoms with Gasteiger partial charge in [-0.2, -0.15) is 0 Å². The molecule has 0 aromatic carbocycles. The summed E-state index contributed by atoms with van der Waals surface area (Å²) in [5.74, 6) is 0. The molecule has 0 aromatic heterocycles. The van der Waals surface area contributed by atoms with E-state index in [1.165, 1.54) is 0 Å². The minimum Gasteiger partial charge on any atom is -0.325 e. The highest BCUT2D eigenvalue weighted by atomic mass is 15.1. The molecule has 0 N–H and O–H groups in total. The second kappa shape index (κ2) is 6.92. The number of hydrogen-bond donors (Lipinski definition) is 0. The molecule has 0 bridgehead atoms. The lowest BCUT2D eigenvalue weighted by Gasteiger charge is -2.14. The molecular formula is C12H15N. The molecule has 1 nitrogen and oxygen atoms in total. The highest BCUT2D eigenvalue weighted by Gasteiger charge is 1.94. The van der Waals surface area contributed by atoms with Gasteiger partial charge in [-0.1, -0.05) is 44.5 Å². The van der Waals surface area contributed by atoms with Gasteiger partial charge in [-0.25, -0.2) is 0 Å². The first kappa shape index (κ1) is 11.2. The SMILES string of the molecule is C=C/C=C\C(=C\C=C)N(C=C)C=C. The quantitative estimate of drug-likeness (QED) is 0.556. The third-order valence-corrected chi connectivity index (χ3v) is 1.38. The zero-order valence-electron chi connectivity index (χ0n) is 7.82. The third-order valence-electron chi connectivity index (χ3n) is 1.38. The molecule has 0 fully saturated rings. The van der Waals surface area contributed by atoms with Gasteiger partial charge in [-0.15, -0.1) is 0 Å². The lowest BCUT2D eigenvalue weighted by atomic mass is 10.3. The van der Waals surface area contributed by atoms with Crippen LogP contribution in [0.15, 0.2) is 74.8 Å². The lowest BCUT2D eigenvalue weighted by molar-refractivity contribution is 0.656. The summed E-state index contributed by atoms with van der Waals surface area (Å²) < 4.78 is 0. The van der Waals surface area contributed by atoms with Gasteiger partial charge in [0.2, 0.25) is 0 Å². The second-order valence-electron chi connectivity index (χ2n) is 2.19. The van der Waals surface area contributed by atoms with Gasteiger partial charge in [-0.3, -0.25) is 0 Å². The summed E-state index contributed by atoms with van der Waals surface area (Å²) in [6, 6.07) is 0. The minimum absolute atomic E-state index is 0.944. The first-order valence-electron chi connectivity index (χ1n) is 3.95. The lowest BCUT2D eigenvalue weighted by Crippen LogP contribution is -2.05. The Morgan fingerprint density at radius 1 is 0.923 bits per heavy atom. The van der Waals surface area contributed by atoms with E-state index in [1.807, 2.05) is 18.2 Å². The van der Waals surface area contributed by atoms with Crippen molar-refractivity contribution in [2.75, 3.05) is 0 Å². The highest BCUT2D eigenvalue weighted by Crippen LogP contribution is 2.07. The van der Waals surface area contributed by atoms with Crippen molar-refractivity contribution in [2.24, 2.45) is 0 Å². The fraction of sp³-hybridized carbons (Fsp3) is 0. The summed E-state index contributed by atoms with van der Waals surface area (Å²) in [4.78, 5) is 1.79. The molecule has 0 spiro atoms. The average Bonchev–Trinajstić information content (AvgIpc) is 2.16. The predicted octanol–water partition coefficient (Wildman–Crippen LogP) is 3.39. The van der Waals surface area contributed by atoms with Crippen molar-refractivity contribution < 1.29 is 0 Å². The first-order valence-corrected chi connectivity index (χ1v) is 3.95. The van der Waals surface area contributed by atoms with Crippen molar-refractivity contribution in [3.8, 4) is 0 Å². The van der Waals surface area contributed by atoms with E-state index in [9.17, 15) is 0 Å². The van der Waals surface area contributed by atoms with E-state index in [0.29, 0.717) is 0 Å². The fourth-order valence-corrected chi connectivity index (χ4v) is 0.800. The van der Waals surface area contributed by atoms with Gasteiger partial charge in [0, 0.05) is 18.1 Å². The molecule has 0 radical (unpaired) electrons. The van der Waals surface area contributed by atoms with Crippen LogP contribution in [0.1, 0.15) is 0 Å². The Morgan fingerprint density at radius 3 is 1.92 bits per heavy atom. The van der Waals surface area contributed by atoms with E-state index >= 15 is 0 Å². The van der Waals surface area contributed by atoms with Crippen LogP contribution < -0.4 is 0 Å². The van der Waals surface area contributed by atoms with Crippen LogP contribution in [0.3, 0.4) is 0 Å². The smallest absolute Gasteiger partial charge is 0.0448 e. The summed E-state index contributed by atoms with van der Waals surface area (Å²) in [5, 5.41) is 0. The number of rotatable bonds is 6. The molecule has 0 unspecified atom stereocenters. The van der Waals surface area contributed by atoms with Gasteiger partial charge >= 0.3 is 0 Å². The molecule has 0 aliphatic rings. The Morgan fingerprint density at radius 2 is 1.54 bits per heavy atom. The maximum atomic E-state index is 3.66. The van der Waals surface area contributed by atoms with Crippen LogP contribution in [-0.2, 0) is 0 Å². The van der Waals surface area contributed by atoms with Crippen molar-refractivity contribution in [1.82, 2.24) is 4.90 Å². The molecule has 0 amide bonds. The van der Waals surface area contributed by atoms with E-state index in [2.05, 4.69) is 26.3 Å². The van der Waals surface area contributed by atoms with Crippen molar-refractivity contribution in [3.05, 3.63) is 74.8 Å². The Balaban J connectivity index is 4.76. The molecule has 0 aromatic rings. The van der Waals surface area contributed by atoms with Crippen LogP contribution in [0.2, 0.25) is 0 Å². The van der Waals surface area contributed by atoms with Crippen LogP contribution >= 0.6 is 0 Å². The summed E-state index contributed by atoms with van der Waals surface area (Å²) in [6.45, 7) is 14.5. The van der Waals surface area contributed by atoms with Crippen LogP contribution in [0.5, 0.6) is 0 Å². The molecule has 13 heavy (non-hydrogen) atoms. The summed E-state index contributed by atoms with van der Waals surface area (Å²) in [6.07, 6.45) is 12.4. The molecule has 0 heterocycles. The van der Waals surface area contributed by atoms with Gasteiger partial charge in [0.15, 0.2) is 0 Å². The van der Waals surface area contributed by atoms with Crippen molar-refractivity contribution >= 4 is 0 Å². The monoisotopic (exact) mass is 173 g/mol. The predicted molar refractivity (Wildman–Crippen MR) is 59.9 cm³/mol. The van der Waals surface area contributed by atoms with Crippen LogP contribution in [0.25, 0.3) is 0 Å². The third kappa shape index (κ3) is 3.97. The fourth-order valence-electron chi connectivity index (χ4n) is 0.800. The highest BCUT2D eigenvalue weighted by molar-refractivity contribution is 5.26. The Bertz CT molecular complexity index is 248. The average molecular weight is 173 g/mol. The maximum absolute atomic E-state index is 3.66. The molecular weight excluding hydrogens is 158 g/mol. The minimum atomic E-state index is 0.944. The van der Waals surface area contributed by atoms with Crippen molar-refractivity contribution in [3.63, 3.8) is 0 Å². The van der Waals surface area contributed by atoms with Gasteiger partial charge in [0.25, 0.3) is 0 Å². The Kier molecular flexibility index (Phi) is 5.98. The Hall–Kier alpha value is -1.76. The maximum Gasteiger partial charge on any atom is 0.0448 e. The standard InChI is InChI=1S/C12H15N/c1-5-9-11-12(10-6-2)13(7-3)8-4/h5-11H,1-4H2/b11-9-,12-10-. The van der Waals surface area contributed by atoms with E-state index < -0.39 is 0 Å². The molecule has 0 atom stereocenters. The zero-order valence-corrected chi connectivity index (χ0v) is 7.82. The van der Waals surface area contributed by atoms with Gasteiger partial charge in [0.1, 0.15) is 0 Å². The van der Waals surface area contributed by atoms with E-state index in [0.717, 1.165) is 5.70 Å². The molecule has 0 aliphatic heterocycles. The van der Waals surface area contributed by atoms with Crippen molar-refractivity contribution in [1.29, 1.82) is 0 Å². The molecule has 0 rings (SSSR count). The largest absolute Gasteiger partial charge is 0.325 e. The van der Waals surface area contributed by atoms with Gasteiger partial charge in [0.05, 0.1) is 0 Å². The Labute approximate surface area is 80.4 Å². The number of hydrogen-bond acceptors (Lipinski definition) is 1. The number of nitrogens with zero attached hydrogens (tertiary/aromatic N) is 1. The zero-order chi connectivity index (χ0) is 10.1. The van der Waals surface area contributed by atoms with E-state index in [4.69, 9.17) is 0 Å². The summed E-state index contributed by atoms with van der Waals surface area (Å²) in [7, 11) is 0. The molecule has 0 saturated heterocycles. The molecule has 68 valence electrons. The van der Waals surface area contributed by atoms with E-state index in [-0.39, 0.29) is 0 Å². The summed E-state index contributed by atoms with van der Waals surface area (Å²) >= 11 is 0. The normalized spacial score (nSPS) is 10.9. The van der Waals surface area contributed by atoms with Gasteiger partial charge in [-0.05, 0) is 12.2 Å². The second-order valence-corrected chi connectivity index (χ2v) is 2.19. The van der Waals surface area contributed by atoms with Crippen LogP contribution in [0.4, 0.5) is 0 Å². The van der Waals surface area contributed by atoms with Crippen LogP contribution in [-0.4, -0.2) is 4.90 Å². The molecule has 1 heteroatoms. The van der Waals surface area contributed by atoms with Crippen molar-refractivity contribution in [2.45, 2.75) is 0 Å². The topological polar surface area (TPSA) is 3.24 Å². The number of allylic oxidation sites excluding steroid dienone is 5. The van der Waals surface area contributed by atoms with E-state index in [1.54, 1.807) is 29.5 Å². The van der Waals surface area contributed by atoms with Crippen LogP contribution in [0, 0.1) is 0 Å². The molecule has 0 aliphatic carbocycles.